The summed E-state index contributed by atoms with van der Waals surface area (Å²) in [5, 5.41) is 3.16. The third-order valence-electron chi connectivity index (χ3n) is 4.52. The Hall–Kier alpha value is -2.05. The van der Waals surface area contributed by atoms with Gasteiger partial charge in [-0.15, -0.1) is 11.3 Å². The Morgan fingerprint density at radius 3 is 2.74 bits per heavy atom. The third-order valence-corrected chi connectivity index (χ3v) is 5.97. The Morgan fingerprint density at radius 2 is 1.96 bits per heavy atom. The Bertz CT molecular complexity index is 825. The van der Waals surface area contributed by atoms with E-state index >= 15 is 0 Å². The fourth-order valence-corrected chi connectivity index (χ4v) is 4.36. The Morgan fingerprint density at radius 1 is 1.19 bits per heavy atom. The minimum Gasteiger partial charge on any atom is -0.495 e. The molecule has 3 rings (SSSR count). The quantitative estimate of drug-likeness (QED) is 0.567. The number of hydrogen-bond donors (Lipinski definition) is 1. The zero-order valence-corrected chi connectivity index (χ0v) is 16.9. The van der Waals surface area contributed by atoms with Crippen LogP contribution >= 0.6 is 22.9 Å². The van der Waals surface area contributed by atoms with Crippen molar-refractivity contribution in [3.63, 3.8) is 0 Å². The Kier molecular flexibility index (Phi) is 6.39. The standard InChI is InChI=1S/C20H22ClNO4S/c1-12(19(23)22-15-11-14(21)8-9-16(15)25-2)26-20(24)18-10-13-6-4-3-5-7-17(13)27-18/h8-12H,3-7H2,1-2H3,(H,22,23)/t12-/m0/s1. The number of fused-ring (bicyclic) bond motifs is 1. The lowest BCUT2D eigenvalue weighted by molar-refractivity contribution is -0.123. The monoisotopic (exact) mass is 407 g/mol. The number of ether oxygens (including phenoxy) is 2. The molecule has 0 saturated heterocycles. The number of halogens is 1. The van der Waals surface area contributed by atoms with Crippen LogP contribution in [0, 0.1) is 0 Å². The molecule has 0 saturated carbocycles. The number of thiophene rings is 1. The van der Waals surface area contributed by atoms with Crippen molar-refractivity contribution >= 4 is 40.5 Å². The second-order valence-corrected chi connectivity index (χ2v) is 8.07. The van der Waals surface area contributed by atoms with Crippen LogP contribution in [0.4, 0.5) is 5.69 Å². The van der Waals surface area contributed by atoms with Gasteiger partial charge < -0.3 is 14.8 Å². The van der Waals surface area contributed by atoms with Crippen LogP contribution < -0.4 is 10.1 Å². The van der Waals surface area contributed by atoms with E-state index in [1.165, 1.54) is 35.3 Å². The second kappa shape index (κ2) is 8.76. The van der Waals surface area contributed by atoms with Crippen LogP contribution in [-0.2, 0) is 22.4 Å². The summed E-state index contributed by atoms with van der Waals surface area (Å²) >= 11 is 7.45. The molecule has 2 aromatic rings. The van der Waals surface area contributed by atoms with Gasteiger partial charge in [0.25, 0.3) is 5.91 Å². The minimum atomic E-state index is -0.942. The van der Waals surface area contributed by atoms with Crippen molar-refractivity contribution in [3.8, 4) is 5.75 Å². The molecule has 1 N–H and O–H groups in total. The van der Waals surface area contributed by atoms with E-state index in [9.17, 15) is 9.59 Å². The van der Waals surface area contributed by atoms with Gasteiger partial charge in [0.15, 0.2) is 6.10 Å². The molecule has 0 spiro atoms. The number of carbonyl (C=O) groups is 2. The molecule has 0 fully saturated rings. The molecule has 1 heterocycles. The van der Waals surface area contributed by atoms with Gasteiger partial charge in [0.05, 0.1) is 12.8 Å². The number of anilines is 1. The number of aryl methyl sites for hydroxylation is 2. The Balaban J connectivity index is 1.64. The maximum atomic E-state index is 12.5. The molecule has 7 heteroatoms. The van der Waals surface area contributed by atoms with Crippen LogP contribution in [0.2, 0.25) is 5.02 Å². The van der Waals surface area contributed by atoms with E-state index in [4.69, 9.17) is 21.1 Å². The molecule has 1 aliphatic rings. The lowest BCUT2D eigenvalue weighted by Crippen LogP contribution is -2.30. The second-order valence-electron chi connectivity index (χ2n) is 6.50. The van der Waals surface area contributed by atoms with Crippen molar-refractivity contribution in [1.29, 1.82) is 0 Å². The molecule has 0 unspecified atom stereocenters. The van der Waals surface area contributed by atoms with Gasteiger partial charge in [-0.1, -0.05) is 18.0 Å². The molecule has 0 radical (unpaired) electrons. The van der Waals surface area contributed by atoms with Crippen LogP contribution in [0.15, 0.2) is 24.3 Å². The van der Waals surface area contributed by atoms with Gasteiger partial charge in [-0.25, -0.2) is 4.79 Å². The molecule has 1 amide bonds. The summed E-state index contributed by atoms with van der Waals surface area (Å²) in [7, 11) is 1.50. The van der Waals surface area contributed by atoms with Crippen LogP contribution in [0.25, 0.3) is 0 Å². The van der Waals surface area contributed by atoms with Crippen LogP contribution in [0.1, 0.15) is 46.3 Å². The number of methoxy groups -OCH3 is 1. The molecular weight excluding hydrogens is 386 g/mol. The summed E-state index contributed by atoms with van der Waals surface area (Å²) in [6.07, 6.45) is 4.61. The molecule has 1 aliphatic carbocycles. The third kappa shape index (κ3) is 4.82. The molecule has 0 bridgehead atoms. The van der Waals surface area contributed by atoms with Gasteiger partial charge in [0, 0.05) is 9.90 Å². The van der Waals surface area contributed by atoms with E-state index in [1.54, 1.807) is 25.1 Å². The fourth-order valence-electron chi connectivity index (χ4n) is 3.05. The van der Waals surface area contributed by atoms with Crippen molar-refractivity contribution in [2.75, 3.05) is 12.4 Å². The van der Waals surface area contributed by atoms with Gasteiger partial charge in [-0.3, -0.25) is 4.79 Å². The predicted molar refractivity (Wildman–Crippen MR) is 107 cm³/mol. The van der Waals surface area contributed by atoms with E-state index < -0.39 is 18.0 Å². The van der Waals surface area contributed by atoms with Crippen LogP contribution in [0.5, 0.6) is 5.75 Å². The van der Waals surface area contributed by atoms with Gasteiger partial charge in [0.1, 0.15) is 10.6 Å². The highest BCUT2D eigenvalue weighted by Gasteiger charge is 2.23. The maximum Gasteiger partial charge on any atom is 0.349 e. The molecule has 1 atom stereocenters. The van der Waals surface area contributed by atoms with Gasteiger partial charge in [-0.05, 0) is 62.4 Å². The van der Waals surface area contributed by atoms with Gasteiger partial charge >= 0.3 is 5.97 Å². The van der Waals surface area contributed by atoms with E-state index in [0.717, 1.165) is 25.7 Å². The van der Waals surface area contributed by atoms with E-state index in [0.29, 0.717) is 21.3 Å². The van der Waals surface area contributed by atoms with E-state index in [1.807, 2.05) is 6.07 Å². The minimum absolute atomic E-state index is 0.431. The first kappa shape index (κ1) is 19.7. The lowest BCUT2D eigenvalue weighted by Gasteiger charge is -2.15. The summed E-state index contributed by atoms with van der Waals surface area (Å²) < 4.78 is 10.6. The van der Waals surface area contributed by atoms with E-state index in [-0.39, 0.29) is 0 Å². The summed E-state index contributed by atoms with van der Waals surface area (Å²) in [5.74, 6) is -0.427. The first-order valence-electron chi connectivity index (χ1n) is 8.95. The van der Waals surface area contributed by atoms with Crippen LogP contribution in [-0.4, -0.2) is 25.1 Å². The zero-order chi connectivity index (χ0) is 19.4. The molecule has 1 aromatic heterocycles. The number of hydrogen-bond acceptors (Lipinski definition) is 5. The SMILES string of the molecule is COc1ccc(Cl)cc1NC(=O)[C@H](C)OC(=O)c1cc2c(s1)CCCCC2. The highest BCUT2D eigenvalue weighted by molar-refractivity contribution is 7.14. The molecule has 27 heavy (non-hydrogen) atoms. The average Bonchev–Trinajstić information content (AvgIpc) is 2.92. The summed E-state index contributed by atoms with van der Waals surface area (Å²) in [4.78, 5) is 26.7. The fraction of sp³-hybridized carbons (Fsp3) is 0.400. The van der Waals surface area contributed by atoms with Crippen molar-refractivity contribution in [3.05, 3.63) is 44.6 Å². The van der Waals surface area contributed by atoms with Gasteiger partial charge in [-0.2, -0.15) is 0 Å². The largest absolute Gasteiger partial charge is 0.495 e. The topological polar surface area (TPSA) is 64.6 Å². The van der Waals surface area contributed by atoms with Gasteiger partial charge in [0.2, 0.25) is 0 Å². The first-order valence-corrected chi connectivity index (χ1v) is 10.1. The number of rotatable bonds is 5. The molecular formula is C20H22ClNO4S. The zero-order valence-electron chi connectivity index (χ0n) is 15.3. The van der Waals surface area contributed by atoms with E-state index in [2.05, 4.69) is 5.32 Å². The Labute approximate surface area is 167 Å². The molecule has 1 aromatic carbocycles. The molecule has 144 valence electrons. The summed E-state index contributed by atoms with van der Waals surface area (Å²) in [6.45, 7) is 1.54. The van der Waals surface area contributed by atoms with Crippen molar-refractivity contribution < 1.29 is 19.1 Å². The normalized spacial score (nSPS) is 14.6. The average molecular weight is 408 g/mol. The smallest absolute Gasteiger partial charge is 0.349 e. The number of amides is 1. The van der Waals surface area contributed by atoms with Crippen LogP contribution in [0.3, 0.4) is 0 Å². The number of nitrogens with one attached hydrogen (secondary N) is 1. The van der Waals surface area contributed by atoms with Crippen molar-refractivity contribution in [1.82, 2.24) is 0 Å². The molecule has 5 nitrogen and oxygen atoms in total. The predicted octanol–water partition coefficient (Wildman–Crippen LogP) is 4.86. The lowest BCUT2D eigenvalue weighted by atomic mass is 10.1. The maximum absolute atomic E-state index is 12.5. The summed E-state index contributed by atoms with van der Waals surface area (Å²) in [6, 6.07) is 6.83. The van der Waals surface area contributed by atoms with Crippen molar-refractivity contribution in [2.45, 2.75) is 45.1 Å². The van der Waals surface area contributed by atoms with Crippen molar-refractivity contribution in [2.24, 2.45) is 0 Å². The summed E-state index contributed by atoms with van der Waals surface area (Å²) in [5.41, 5.74) is 1.67. The highest BCUT2D eigenvalue weighted by Crippen LogP contribution is 2.30. The number of benzene rings is 1. The number of carbonyl (C=O) groups excluding carboxylic acids is 2. The first-order chi connectivity index (χ1) is 13.0. The molecule has 0 aliphatic heterocycles. The number of esters is 1. The highest BCUT2D eigenvalue weighted by atomic mass is 35.5.